The number of pyridine rings is 1. The number of aliphatic hydroxyl groups excluding tert-OH is 3. The van der Waals surface area contributed by atoms with E-state index in [0.29, 0.717) is 5.56 Å². The van der Waals surface area contributed by atoms with Crippen molar-refractivity contribution in [2.75, 3.05) is 6.61 Å². The summed E-state index contributed by atoms with van der Waals surface area (Å²) in [5.74, 6) is -0.538. The Morgan fingerprint density at radius 1 is 1.09 bits per heavy atom. The highest BCUT2D eigenvalue weighted by atomic mass is 19.1. The molecule has 3 heterocycles. The zero-order valence-corrected chi connectivity index (χ0v) is 16.9. The van der Waals surface area contributed by atoms with Gasteiger partial charge in [-0.3, -0.25) is 18.9 Å². The number of aromatic nitrogens is 3. The summed E-state index contributed by atoms with van der Waals surface area (Å²) in [7, 11) is 0. The number of halogens is 1. The average molecular weight is 443 g/mol. The fraction of sp³-hybridized carbons (Fsp3) is 0.318. The minimum Gasteiger partial charge on any atom is -0.396 e. The fourth-order valence-electron chi connectivity index (χ4n) is 3.76. The lowest BCUT2D eigenvalue weighted by Crippen LogP contribution is -2.43. The topological polar surface area (TPSA) is 127 Å². The van der Waals surface area contributed by atoms with Crippen molar-refractivity contribution >= 4 is 0 Å². The molecule has 3 N–H and O–H groups in total. The molecule has 10 heteroatoms. The van der Waals surface area contributed by atoms with Crippen molar-refractivity contribution < 1.29 is 24.4 Å². The Morgan fingerprint density at radius 3 is 2.56 bits per heavy atom. The van der Waals surface area contributed by atoms with Gasteiger partial charge in [-0.15, -0.1) is 0 Å². The van der Waals surface area contributed by atoms with Gasteiger partial charge in [-0.25, -0.2) is 9.18 Å². The van der Waals surface area contributed by atoms with Crippen LogP contribution in [0.15, 0.2) is 64.4 Å². The van der Waals surface area contributed by atoms with Gasteiger partial charge < -0.3 is 20.1 Å². The Hall–Kier alpha value is -3.18. The van der Waals surface area contributed by atoms with E-state index < -0.39 is 41.6 Å². The van der Waals surface area contributed by atoms with Crippen molar-refractivity contribution in [3.05, 3.63) is 87.2 Å². The maximum absolute atomic E-state index is 14.3. The van der Waals surface area contributed by atoms with Gasteiger partial charge in [0.1, 0.15) is 18.0 Å². The van der Waals surface area contributed by atoms with Crippen LogP contribution in [0.5, 0.6) is 0 Å². The normalized spacial score (nSPS) is 22.9. The first kappa shape index (κ1) is 22.0. The van der Waals surface area contributed by atoms with Crippen molar-refractivity contribution in [2.45, 2.75) is 37.5 Å². The number of aliphatic hydroxyl groups is 3. The van der Waals surface area contributed by atoms with Gasteiger partial charge in [-0.05, 0) is 18.1 Å². The van der Waals surface area contributed by atoms with Crippen LogP contribution < -0.4 is 11.2 Å². The summed E-state index contributed by atoms with van der Waals surface area (Å²) in [5.41, 5.74) is -0.208. The maximum Gasteiger partial charge on any atom is 0.333 e. The molecule has 9 nitrogen and oxygen atoms in total. The van der Waals surface area contributed by atoms with E-state index in [-0.39, 0.29) is 30.8 Å². The molecule has 168 valence electrons. The Kier molecular flexibility index (Phi) is 6.28. The first-order valence-electron chi connectivity index (χ1n) is 10.0. The Morgan fingerprint density at radius 2 is 1.84 bits per heavy atom. The molecule has 4 rings (SSSR count). The minimum atomic E-state index is -1.43. The van der Waals surface area contributed by atoms with Crippen molar-refractivity contribution in [3.63, 3.8) is 0 Å². The van der Waals surface area contributed by atoms with Crippen molar-refractivity contribution in [3.8, 4) is 11.1 Å². The third kappa shape index (κ3) is 4.13. The first-order valence-corrected chi connectivity index (χ1v) is 10.0. The van der Waals surface area contributed by atoms with Crippen LogP contribution in [-0.4, -0.2) is 54.4 Å². The van der Waals surface area contributed by atoms with Crippen LogP contribution in [0, 0.1) is 5.82 Å². The van der Waals surface area contributed by atoms with E-state index in [1.165, 1.54) is 12.3 Å². The summed E-state index contributed by atoms with van der Waals surface area (Å²) in [4.78, 5) is 29.4. The molecule has 4 unspecified atom stereocenters. The fourth-order valence-corrected chi connectivity index (χ4v) is 3.76. The molecule has 1 aliphatic heterocycles. The summed E-state index contributed by atoms with van der Waals surface area (Å²) in [5, 5.41) is 29.5. The van der Waals surface area contributed by atoms with Crippen LogP contribution in [0.4, 0.5) is 4.39 Å². The molecule has 0 aliphatic carbocycles. The summed E-state index contributed by atoms with van der Waals surface area (Å²) < 4.78 is 21.8. The largest absolute Gasteiger partial charge is 0.396 e. The van der Waals surface area contributed by atoms with Crippen LogP contribution in [0.2, 0.25) is 0 Å². The molecule has 0 bridgehead atoms. The Labute approximate surface area is 181 Å². The van der Waals surface area contributed by atoms with E-state index >= 15 is 0 Å². The molecule has 0 radical (unpaired) electrons. The third-order valence-electron chi connectivity index (χ3n) is 5.44. The van der Waals surface area contributed by atoms with Crippen LogP contribution in [0.3, 0.4) is 0 Å². The third-order valence-corrected chi connectivity index (χ3v) is 5.44. The zero-order chi connectivity index (χ0) is 22.8. The van der Waals surface area contributed by atoms with E-state index in [1.807, 2.05) is 0 Å². The monoisotopic (exact) mass is 443 g/mol. The second kappa shape index (κ2) is 9.13. The predicted octanol–water partition coefficient (Wildman–Crippen LogP) is 0.261. The SMILES string of the molecule is O=c1ccn(C2OC(CCO)C(O)C2O)c(=O)n1Cc1cc(-c2ccccc2)c(F)cn1. The molecule has 32 heavy (non-hydrogen) atoms. The van der Waals surface area contributed by atoms with Gasteiger partial charge in [0.2, 0.25) is 0 Å². The van der Waals surface area contributed by atoms with E-state index in [2.05, 4.69) is 4.98 Å². The second-order valence-electron chi connectivity index (χ2n) is 7.51. The highest BCUT2D eigenvalue weighted by Crippen LogP contribution is 2.29. The molecule has 0 saturated carbocycles. The van der Waals surface area contributed by atoms with E-state index in [0.717, 1.165) is 21.4 Å². The molecular weight excluding hydrogens is 421 g/mol. The number of hydrogen-bond donors (Lipinski definition) is 3. The summed E-state index contributed by atoms with van der Waals surface area (Å²) in [6.07, 6.45) is -2.54. The average Bonchev–Trinajstić information content (AvgIpc) is 3.07. The highest BCUT2D eigenvalue weighted by molar-refractivity contribution is 5.63. The molecule has 0 spiro atoms. The molecular formula is C22H22FN3O6. The van der Waals surface area contributed by atoms with E-state index in [1.54, 1.807) is 30.3 Å². The van der Waals surface area contributed by atoms with Crippen LogP contribution >= 0.6 is 0 Å². The smallest absolute Gasteiger partial charge is 0.333 e. The predicted molar refractivity (Wildman–Crippen MR) is 111 cm³/mol. The van der Waals surface area contributed by atoms with E-state index in [4.69, 9.17) is 9.84 Å². The molecule has 1 fully saturated rings. The van der Waals surface area contributed by atoms with Gasteiger partial charge >= 0.3 is 5.69 Å². The number of ether oxygens (including phenoxy) is 1. The van der Waals surface area contributed by atoms with Gasteiger partial charge in [-0.2, -0.15) is 0 Å². The number of rotatable bonds is 6. The quantitative estimate of drug-likeness (QED) is 0.499. The lowest BCUT2D eigenvalue weighted by atomic mass is 10.1. The second-order valence-corrected chi connectivity index (χ2v) is 7.51. The van der Waals surface area contributed by atoms with Crippen LogP contribution in [-0.2, 0) is 11.3 Å². The number of hydrogen-bond acceptors (Lipinski definition) is 7. The minimum absolute atomic E-state index is 0.0743. The van der Waals surface area contributed by atoms with Crippen LogP contribution in [0.1, 0.15) is 18.3 Å². The molecule has 1 saturated heterocycles. The molecule has 1 aliphatic rings. The van der Waals surface area contributed by atoms with Gasteiger partial charge in [0, 0.05) is 24.4 Å². The summed E-state index contributed by atoms with van der Waals surface area (Å²) in [6, 6.07) is 11.4. The summed E-state index contributed by atoms with van der Waals surface area (Å²) in [6.45, 7) is -0.500. The standard InChI is InChI=1S/C22H22FN3O6/c23-16-11-24-14(10-15(16)13-4-2-1-3-5-13)12-26-18(28)6-8-25(22(26)31)21-20(30)19(29)17(32-21)7-9-27/h1-6,8,10-11,17,19-21,27,29-30H,7,9,12H2. The molecule has 1 aromatic carbocycles. The van der Waals surface area contributed by atoms with Gasteiger partial charge in [0.25, 0.3) is 5.56 Å². The van der Waals surface area contributed by atoms with Crippen molar-refractivity contribution in [1.82, 2.24) is 14.1 Å². The Bertz CT molecular complexity index is 1210. The van der Waals surface area contributed by atoms with Crippen LogP contribution in [0.25, 0.3) is 11.1 Å². The first-order chi connectivity index (χ1) is 15.4. The highest BCUT2D eigenvalue weighted by Gasteiger charge is 2.43. The lowest BCUT2D eigenvalue weighted by molar-refractivity contribution is -0.0458. The van der Waals surface area contributed by atoms with Crippen molar-refractivity contribution in [1.29, 1.82) is 0 Å². The lowest BCUT2D eigenvalue weighted by Gasteiger charge is -2.18. The number of nitrogens with zero attached hydrogens (tertiary/aromatic N) is 3. The van der Waals surface area contributed by atoms with Gasteiger partial charge in [0.15, 0.2) is 6.23 Å². The number of benzene rings is 1. The van der Waals surface area contributed by atoms with Gasteiger partial charge in [0.05, 0.1) is 24.5 Å². The molecule has 3 aromatic rings. The molecule has 4 atom stereocenters. The van der Waals surface area contributed by atoms with Crippen molar-refractivity contribution in [2.24, 2.45) is 0 Å². The Balaban J connectivity index is 1.68. The summed E-state index contributed by atoms with van der Waals surface area (Å²) >= 11 is 0. The maximum atomic E-state index is 14.3. The van der Waals surface area contributed by atoms with E-state index in [9.17, 15) is 24.2 Å². The molecule has 2 aromatic heterocycles. The zero-order valence-electron chi connectivity index (χ0n) is 16.9. The molecule has 0 amide bonds. The van der Waals surface area contributed by atoms with Gasteiger partial charge in [-0.1, -0.05) is 30.3 Å².